The molecular weight excluding hydrogens is 388 g/mol. The molecule has 0 bridgehead atoms. The minimum Gasteiger partial charge on any atom is -0.477 e. The minimum absolute atomic E-state index is 0.143. The minimum atomic E-state index is -4.22. The van der Waals surface area contributed by atoms with Crippen LogP contribution < -0.4 is 5.32 Å². The topological polar surface area (TPSA) is 139 Å². The van der Waals surface area contributed by atoms with Crippen LogP contribution >= 0.6 is 11.8 Å². The van der Waals surface area contributed by atoms with Gasteiger partial charge in [0.25, 0.3) is 0 Å². The number of carboxylic acids is 1. The van der Waals surface area contributed by atoms with Crippen LogP contribution in [0.1, 0.15) is 20.3 Å². The van der Waals surface area contributed by atoms with Crippen molar-refractivity contribution in [1.82, 2.24) is 10.2 Å². The van der Waals surface area contributed by atoms with Crippen molar-refractivity contribution in [1.29, 1.82) is 0 Å². The normalized spacial score (nSPS) is 23.8. The Kier molecular flexibility index (Phi) is 6.11. The molecule has 1 saturated heterocycles. The zero-order valence-electron chi connectivity index (χ0n) is 14.2. The van der Waals surface area contributed by atoms with Crippen molar-refractivity contribution in [2.45, 2.75) is 32.4 Å². The lowest BCUT2D eigenvalue weighted by Crippen LogP contribution is -2.62. The zero-order chi connectivity index (χ0) is 19.6. The van der Waals surface area contributed by atoms with Crippen molar-refractivity contribution in [2.75, 3.05) is 7.11 Å². The molecule has 2 N–H and O–H groups in total. The third-order valence-electron chi connectivity index (χ3n) is 3.92. The molecule has 0 aliphatic carbocycles. The van der Waals surface area contributed by atoms with E-state index in [4.69, 9.17) is 4.18 Å². The van der Waals surface area contributed by atoms with Gasteiger partial charge >= 0.3 is 16.4 Å². The van der Waals surface area contributed by atoms with Crippen molar-refractivity contribution in [3.8, 4) is 0 Å². The van der Waals surface area contributed by atoms with Crippen LogP contribution in [0.4, 0.5) is 0 Å². The average molecular weight is 406 g/mol. The van der Waals surface area contributed by atoms with Crippen LogP contribution in [0, 0.1) is 5.92 Å². The van der Waals surface area contributed by atoms with E-state index < -0.39 is 40.3 Å². The number of fused-ring (bicyclic) bond motifs is 1. The van der Waals surface area contributed by atoms with Crippen LogP contribution in [-0.2, 0) is 33.1 Å². The van der Waals surface area contributed by atoms with Gasteiger partial charge in [0.05, 0.1) is 25.2 Å². The van der Waals surface area contributed by atoms with Gasteiger partial charge in [-0.1, -0.05) is 11.8 Å². The number of hydrogen-bond acceptors (Lipinski definition) is 8. The molecule has 0 spiro atoms. The lowest BCUT2D eigenvalue weighted by atomic mass is 9.83. The fourth-order valence-electron chi connectivity index (χ4n) is 2.87. The summed E-state index contributed by atoms with van der Waals surface area (Å²) in [6.07, 6.45) is 0.613. The third-order valence-corrected chi connectivity index (χ3v) is 5.78. The van der Waals surface area contributed by atoms with Gasteiger partial charge < -0.3 is 15.3 Å². The molecule has 2 aliphatic heterocycles. The molecule has 0 unspecified atom stereocenters. The molecule has 3 atom stereocenters. The highest BCUT2D eigenvalue weighted by Gasteiger charge is 2.57. The molecule has 12 heteroatoms. The molecule has 0 saturated carbocycles. The predicted molar refractivity (Wildman–Crippen MR) is 90.4 cm³/mol. The Labute approximate surface area is 154 Å². The number of carbonyl (C=O) groups excluding carboxylic acids is 2. The van der Waals surface area contributed by atoms with Gasteiger partial charge in [-0.15, -0.1) is 0 Å². The van der Waals surface area contributed by atoms with Gasteiger partial charge in [0.1, 0.15) is 5.70 Å². The molecule has 0 aromatic heterocycles. The van der Waals surface area contributed by atoms with E-state index >= 15 is 0 Å². The first kappa shape index (κ1) is 20.4. The summed E-state index contributed by atoms with van der Waals surface area (Å²) >= 11 is 1.07. The Morgan fingerprint density at radius 1 is 1.46 bits per heavy atom. The van der Waals surface area contributed by atoms with Crippen molar-refractivity contribution < 1.29 is 36.3 Å². The zero-order valence-corrected chi connectivity index (χ0v) is 15.8. The second-order valence-electron chi connectivity index (χ2n) is 5.58. The molecule has 0 aromatic rings. The summed E-state index contributed by atoms with van der Waals surface area (Å²) in [6, 6.07) is -0.507. The van der Waals surface area contributed by atoms with E-state index in [0.29, 0.717) is 4.91 Å². The lowest BCUT2D eigenvalue weighted by Gasteiger charge is -2.45. The van der Waals surface area contributed by atoms with E-state index in [9.17, 15) is 27.9 Å². The van der Waals surface area contributed by atoms with E-state index in [1.54, 1.807) is 0 Å². The highest BCUT2D eigenvalue weighted by Crippen LogP contribution is 2.47. The maximum atomic E-state index is 12.4. The summed E-state index contributed by atoms with van der Waals surface area (Å²) < 4.78 is 31.8. The molecule has 2 amide bonds. The number of nitrogens with one attached hydrogen (secondary N) is 1. The van der Waals surface area contributed by atoms with Gasteiger partial charge in [0.2, 0.25) is 11.8 Å². The van der Waals surface area contributed by atoms with Gasteiger partial charge in [-0.25, -0.2) is 8.98 Å². The monoisotopic (exact) mass is 406 g/mol. The maximum Gasteiger partial charge on any atom is 0.399 e. The molecule has 0 radical (unpaired) electrons. The summed E-state index contributed by atoms with van der Waals surface area (Å²) in [7, 11) is -3.28. The van der Waals surface area contributed by atoms with Crippen LogP contribution in [-0.4, -0.2) is 55.5 Å². The van der Waals surface area contributed by atoms with Crippen molar-refractivity contribution >= 4 is 39.9 Å². The van der Waals surface area contributed by atoms with Gasteiger partial charge in [-0.2, -0.15) is 8.42 Å². The van der Waals surface area contributed by atoms with E-state index in [1.807, 2.05) is 0 Å². The van der Waals surface area contributed by atoms with Gasteiger partial charge in [0, 0.05) is 24.4 Å². The SMILES string of the molecule is COS(=O)(=O)O[C@@H](C)[C@@H]1C(=O)N2C(C(=O)O)=C(S/C=C/NC(C)=O)C[C@H]12. The number of thioether (sulfide) groups is 1. The van der Waals surface area contributed by atoms with Crippen LogP contribution in [0.25, 0.3) is 0 Å². The summed E-state index contributed by atoms with van der Waals surface area (Å²) in [4.78, 5) is 36.3. The third kappa shape index (κ3) is 4.09. The molecule has 144 valence electrons. The smallest absolute Gasteiger partial charge is 0.399 e. The Bertz CT molecular complexity index is 789. The standard InChI is InChI=1S/C14H18N2O8S2/c1-7(24-26(21,22)23-3)11-9-6-10(25-5-4-15-8(2)17)12(14(19)20)16(9)13(11)18/h4-5,7,9,11H,6H2,1-3H3,(H,15,17)(H,19,20)/b5-4+/t7-,9+,11-/m0/s1. The highest BCUT2D eigenvalue weighted by atomic mass is 32.3. The first-order chi connectivity index (χ1) is 12.1. The summed E-state index contributed by atoms with van der Waals surface area (Å²) in [5, 5.41) is 13.3. The summed E-state index contributed by atoms with van der Waals surface area (Å²) in [5.41, 5.74) is -0.143. The summed E-state index contributed by atoms with van der Waals surface area (Å²) in [5.74, 6) is -2.85. The second-order valence-corrected chi connectivity index (χ2v) is 7.92. The molecule has 0 aromatic carbocycles. The summed E-state index contributed by atoms with van der Waals surface area (Å²) in [6.45, 7) is 2.75. The number of aliphatic carboxylic acids is 1. The highest BCUT2D eigenvalue weighted by molar-refractivity contribution is 8.05. The Morgan fingerprint density at radius 2 is 2.12 bits per heavy atom. The first-order valence-corrected chi connectivity index (χ1v) is 9.67. The molecule has 1 fully saturated rings. The number of nitrogens with zero attached hydrogens (tertiary/aromatic N) is 1. The van der Waals surface area contributed by atoms with Crippen LogP contribution in [0.15, 0.2) is 22.2 Å². The maximum absolute atomic E-state index is 12.4. The Balaban J connectivity index is 2.13. The number of carbonyl (C=O) groups is 3. The van der Waals surface area contributed by atoms with Gasteiger partial charge in [0.15, 0.2) is 0 Å². The van der Waals surface area contributed by atoms with E-state index in [1.165, 1.54) is 25.5 Å². The van der Waals surface area contributed by atoms with Crippen LogP contribution in [0.2, 0.25) is 0 Å². The molecule has 2 rings (SSSR count). The molecular formula is C14H18N2O8S2. The van der Waals surface area contributed by atoms with Crippen LogP contribution in [0.3, 0.4) is 0 Å². The number of β-lactam (4-membered cyclic amide) rings is 1. The number of hydrogen-bond donors (Lipinski definition) is 2. The van der Waals surface area contributed by atoms with E-state index in [0.717, 1.165) is 23.8 Å². The number of carboxylic acid groups (broad SMARTS) is 1. The lowest BCUT2D eigenvalue weighted by molar-refractivity contribution is -0.160. The largest absolute Gasteiger partial charge is 0.477 e. The Hall–Kier alpha value is -1.89. The Morgan fingerprint density at radius 3 is 2.65 bits per heavy atom. The first-order valence-electron chi connectivity index (χ1n) is 7.46. The second kappa shape index (κ2) is 7.78. The molecule has 26 heavy (non-hydrogen) atoms. The number of rotatable bonds is 8. The van der Waals surface area contributed by atoms with Crippen LogP contribution in [0.5, 0.6) is 0 Å². The predicted octanol–water partition coefficient (Wildman–Crippen LogP) is 0.150. The quantitative estimate of drug-likeness (QED) is 0.539. The van der Waals surface area contributed by atoms with E-state index in [2.05, 4.69) is 9.50 Å². The van der Waals surface area contributed by atoms with Gasteiger partial charge in [-0.3, -0.25) is 13.8 Å². The van der Waals surface area contributed by atoms with Crippen molar-refractivity contribution in [2.24, 2.45) is 5.92 Å². The molecule has 2 heterocycles. The fraction of sp³-hybridized carbons (Fsp3) is 0.500. The molecule has 2 aliphatic rings. The average Bonchev–Trinajstić information content (AvgIpc) is 2.85. The fourth-order valence-corrected chi connectivity index (χ4v) is 4.31. The van der Waals surface area contributed by atoms with Crippen molar-refractivity contribution in [3.63, 3.8) is 0 Å². The number of amides is 2. The molecule has 10 nitrogen and oxygen atoms in total. The van der Waals surface area contributed by atoms with E-state index in [-0.39, 0.29) is 18.0 Å². The van der Waals surface area contributed by atoms with Crippen molar-refractivity contribution in [3.05, 3.63) is 22.2 Å². The van der Waals surface area contributed by atoms with Gasteiger partial charge in [-0.05, 0) is 12.3 Å².